The molecule has 2 aliphatic rings. The lowest BCUT2D eigenvalue weighted by molar-refractivity contribution is 0.480. The summed E-state index contributed by atoms with van der Waals surface area (Å²) in [6, 6.07) is 12.8. The first-order valence-electron chi connectivity index (χ1n) is 10.4. The van der Waals surface area contributed by atoms with Gasteiger partial charge in [0.05, 0.1) is 11.6 Å². The Hall–Kier alpha value is -2.31. The van der Waals surface area contributed by atoms with E-state index in [0.717, 1.165) is 59.9 Å². The third-order valence-electron chi connectivity index (χ3n) is 6.08. The number of thioether (sulfide) groups is 1. The van der Waals surface area contributed by atoms with E-state index in [1.807, 2.05) is 30.8 Å². The van der Waals surface area contributed by atoms with Gasteiger partial charge in [-0.3, -0.25) is 0 Å². The van der Waals surface area contributed by atoms with Crippen LogP contribution in [0.3, 0.4) is 0 Å². The van der Waals surface area contributed by atoms with Crippen LogP contribution >= 0.6 is 23.4 Å². The summed E-state index contributed by atoms with van der Waals surface area (Å²) in [6.45, 7) is 3.92. The quantitative estimate of drug-likeness (QED) is 0.416. The Morgan fingerprint density at radius 3 is 2.58 bits per heavy atom. The molecule has 0 bridgehead atoms. The van der Waals surface area contributed by atoms with E-state index in [9.17, 15) is 8.78 Å². The molecular weight excluding hydrogens is 436 g/mol. The van der Waals surface area contributed by atoms with E-state index in [0.29, 0.717) is 11.2 Å². The first-order valence-corrected chi connectivity index (χ1v) is 11.7. The maximum Gasteiger partial charge on any atom is 0.159 e. The molecule has 0 radical (unpaired) electrons. The zero-order valence-electron chi connectivity index (χ0n) is 17.1. The maximum absolute atomic E-state index is 14.0. The zero-order chi connectivity index (χ0) is 21.5. The normalized spacial score (nSPS) is 16.6. The molecular formula is C24H22ClF2N3S. The standard InChI is InChI=1S/C24H22ClF2N3S/c1-15-10-19(16-2-3-20(26)21(27)12-16)24-22(11-15)31-14-30(24)17-5-8-29(9-6-17)18-4-7-28-23(25)13-18/h2-4,7,10-13,17H,5-6,8-9,14H2,1H3. The minimum Gasteiger partial charge on any atom is -0.371 e. The summed E-state index contributed by atoms with van der Waals surface area (Å²) in [6.07, 6.45) is 3.78. The van der Waals surface area contributed by atoms with Gasteiger partial charge in [-0.2, -0.15) is 0 Å². The van der Waals surface area contributed by atoms with Gasteiger partial charge in [0.2, 0.25) is 0 Å². The summed E-state index contributed by atoms with van der Waals surface area (Å²) >= 11 is 7.88. The van der Waals surface area contributed by atoms with Gasteiger partial charge in [0.15, 0.2) is 11.6 Å². The molecule has 3 nitrogen and oxygen atoms in total. The molecule has 3 heterocycles. The number of pyridine rings is 1. The number of nitrogens with zero attached hydrogens (tertiary/aromatic N) is 3. The van der Waals surface area contributed by atoms with Crippen LogP contribution in [-0.2, 0) is 0 Å². The Morgan fingerprint density at radius 1 is 1.03 bits per heavy atom. The van der Waals surface area contributed by atoms with Crippen LogP contribution in [0.15, 0.2) is 53.6 Å². The number of hydrogen-bond acceptors (Lipinski definition) is 4. The Balaban J connectivity index is 1.42. The first kappa shape index (κ1) is 20.6. The van der Waals surface area contributed by atoms with E-state index in [2.05, 4.69) is 26.9 Å². The predicted molar refractivity (Wildman–Crippen MR) is 124 cm³/mol. The van der Waals surface area contributed by atoms with Gasteiger partial charge in [0.25, 0.3) is 0 Å². The van der Waals surface area contributed by atoms with Crippen molar-refractivity contribution < 1.29 is 8.78 Å². The van der Waals surface area contributed by atoms with Gasteiger partial charge in [-0.15, -0.1) is 11.8 Å². The predicted octanol–water partition coefficient (Wildman–Crippen LogP) is 6.53. The van der Waals surface area contributed by atoms with Crippen molar-refractivity contribution >= 4 is 34.7 Å². The second-order valence-electron chi connectivity index (χ2n) is 8.09. The highest BCUT2D eigenvalue weighted by Gasteiger charge is 2.32. The number of benzene rings is 2. The monoisotopic (exact) mass is 457 g/mol. The molecule has 0 aliphatic carbocycles. The highest BCUT2D eigenvalue weighted by Crippen LogP contribution is 2.48. The van der Waals surface area contributed by atoms with Crippen LogP contribution in [0, 0.1) is 18.6 Å². The summed E-state index contributed by atoms with van der Waals surface area (Å²) < 4.78 is 27.5. The number of aromatic nitrogens is 1. The molecule has 0 spiro atoms. The van der Waals surface area contributed by atoms with E-state index in [1.54, 1.807) is 12.3 Å². The van der Waals surface area contributed by atoms with Gasteiger partial charge >= 0.3 is 0 Å². The van der Waals surface area contributed by atoms with E-state index in [1.165, 1.54) is 17.0 Å². The molecule has 2 aromatic carbocycles. The minimum atomic E-state index is -0.817. The molecule has 0 saturated carbocycles. The van der Waals surface area contributed by atoms with Gasteiger partial charge in [-0.05, 0) is 67.3 Å². The fourth-order valence-corrected chi connectivity index (χ4v) is 5.97. The zero-order valence-corrected chi connectivity index (χ0v) is 18.7. The van der Waals surface area contributed by atoms with E-state index >= 15 is 0 Å². The average molecular weight is 458 g/mol. The van der Waals surface area contributed by atoms with Crippen molar-refractivity contribution in [1.82, 2.24) is 4.98 Å². The number of rotatable bonds is 3. The van der Waals surface area contributed by atoms with Crippen LogP contribution < -0.4 is 9.80 Å². The summed E-state index contributed by atoms with van der Waals surface area (Å²) in [5.41, 5.74) is 5.06. The van der Waals surface area contributed by atoms with Crippen molar-refractivity contribution in [2.24, 2.45) is 0 Å². The second kappa shape index (κ2) is 8.32. The van der Waals surface area contributed by atoms with Crippen molar-refractivity contribution in [2.45, 2.75) is 30.7 Å². The fourth-order valence-electron chi connectivity index (χ4n) is 4.55. The molecule has 1 fully saturated rings. The molecule has 31 heavy (non-hydrogen) atoms. The van der Waals surface area contributed by atoms with Crippen molar-refractivity contribution in [2.75, 3.05) is 28.8 Å². The van der Waals surface area contributed by atoms with Gasteiger partial charge in [0.1, 0.15) is 5.15 Å². The van der Waals surface area contributed by atoms with Crippen LogP contribution in [-0.4, -0.2) is 30.0 Å². The Bertz CT molecular complexity index is 1130. The molecule has 2 aliphatic heterocycles. The molecule has 0 unspecified atom stereocenters. The SMILES string of the molecule is Cc1cc2c(c(-c3ccc(F)c(F)c3)c1)N(C1CCN(c3ccnc(Cl)c3)CC1)CS2. The van der Waals surface area contributed by atoms with Crippen LogP contribution in [0.5, 0.6) is 0 Å². The van der Waals surface area contributed by atoms with E-state index in [-0.39, 0.29) is 0 Å². The number of fused-ring (bicyclic) bond motifs is 1. The molecule has 0 atom stereocenters. The molecule has 5 rings (SSSR count). The lowest BCUT2D eigenvalue weighted by atomic mass is 9.97. The van der Waals surface area contributed by atoms with Crippen molar-refractivity contribution in [3.05, 3.63) is 71.0 Å². The third kappa shape index (κ3) is 3.99. The highest BCUT2D eigenvalue weighted by atomic mass is 35.5. The van der Waals surface area contributed by atoms with Crippen molar-refractivity contribution in [3.63, 3.8) is 0 Å². The van der Waals surface area contributed by atoms with Gasteiger partial charge in [-0.1, -0.05) is 17.7 Å². The Labute approximate surface area is 190 Å². The second-order valence-corrected chi connectivity index (χ2v) is 9.46. The smallest absolute Gasteiger partial charge is 0.159 e. The molecule has 160 valence electrons. The van der Waals surface area contributed by atoms with Crippen LogP contribution in [0.25, 0.3) is 11.1 Å². The summed E-state index contributed by atoms with van der Waals surface area (Å²) in [5.74, 6) is -0.751. The van der Waals surface area contributed by atoms with E-state index < -0.39 is 11.6 Å². The number of hydrogen-bond donors (Lipinski definition) is 0. The van der Waals surface area contributed by atoms with Gasteiger partial charge in [-0.25, -0.2) is 13.8 Å². The first-order chi connectivity index (χ1) is 15.0. The fraction of sp³-hybridized carbons (Fsp3) is 0.292. The average Bonchev–Trinajstić information content (AvgIpc) is 3.19. The molecule has 0 amide bonds. The maximum atomic E-state index is 14.0. The summed E-state index contributed by atoms with van der Waals surface area (Å²) in [4.78, 5) is 10.1. The number of anilines is 2. The highest BCUT2D eigenvalue weighted by molar-refractivity contribution is 7.99. The van der Waals surface area contributed by atoms with Crippen LogP contribution in [0.1, 0.15) is 18.4 Å². The van der Waals surface area contributed by atoms with Crippen LogP contribution in [0.4, 0.5) is 20.2 Å². The number of aryl methyl sites for hydroxylation is 1. The lowest BCUT2D eigenvalue weighted by Crippen LogP contribution is -2.44. The van der Waals surface area contributed by atoms with E-state index in [4.69, 9.17) is 11.6 Å². The molecule has 3 aromatic rings. The van der Waals surface area contributed by atoms with Crippen LogP contribution in [0.2, 0.25) is 5.15 Å². The van der Waals surface area contributed by atoms with Crippen molar-refractivity contribution in [1.29, 1.82) is 0 Å². The minimum absolute atomic E-state index is 0.397. The molecule has 1 saturated heterocycles. The van der Waals surface area contributed by atoms with Crippen molar-refractivity contribution in [3.8, 4) is 11.1 Å². The third-order valence-corrected chi connectivity index (χ3v) is 7.31. The lowest BCUT2D eigenvalue weighted by Gasteiger charge is -2.39. The summed E-state index contributed by atoms with van der Waals surface area (Å²) in [7, 11) is 0. The molecule has 0 N–H and O–H groups in total. The van der Waals surface area contributed by atoms with Gasteiger partial charge in [0, 0.05) is 41.5 Å². The Kier molecular flexibility index (Phi) is 5.52. The molecule has 1 aromatic heterocycles. The number of piperidine rings is 1. The van der Waals surface area contributed by atoms with Gasteiger partial charge < -0.3 is 9.80 Å². The Morgan fingerprint density at radius 2 is 1.84 bits per heavy atom. The topological polar surface area (TPSA) is 19.4 Å². The largest absolute Gasteiger partial charge is 0.371 e. The molecule has 7 heteroatoms. The number of halogens is 3. The summed E-state index contributed by atoms with van der Waals surface area (Å²) in [5, 5.41) is 0.510.